The van der Waals surface area contributed by atoms with Crippen molar-refractivity contribution in [3.8, 4) is 17.1 Å². The van der Waals surface area contributed by atoms with Crippen molar-refractivity contribution in [2.45, 2.75) is 38.1 Å². The second-order valence-electron chi connectivity index (χ2n) is 9.52. The fourth-order valence-electron chi connectivity index (χ4n) is 4.85. The van der Waals surface area contributed by atoms with Crippen molar-refractivity contribution in [1.29, 1.82) is 0 Å². The number of amidine groups is 1. The van der Waals surface area contributed by atoms with Crippen LogP contribution in [-0.2, 0) is 6.42 Å². The summed E-state index contributed by atoms with van der Waals surface area (Å²) >= 11 is 0. The van der Waals surface area contributed by atoms with Crippen LogP contribution in [0.2, 0.25) is 0 Å². The number of rotatable bonds is 5. The minimum absolute atomic E-state index is 0.178. The van der Waals surface area contributed by atoms with Crippen molar-refractivity contribution >= 4 is 23.2 Å². The first-order valence-electron chi connectivity index (χ1n) is 12.5. The van der Waals surface area contributed by atoms with E-state index in [4.69, 9.17) is 14.7 Å². The molecule has 10 heteroatoms. The number of nitrogens with one attached hydrogen (secondary N) is 1. The zero-order chi connectivity index (χ0) is 25.4. The highest BCUT2D eigenvalue weighted by molar-refractivity contribution is 5.94. The van der Waals surface area contributed by atoms with Gasteiger partial charge in [0.25, 0.3) is 5.95 Å². The SMILES string of the molecule is COc1ccc(CC2CNc3cc(-c4ccnc(N=C5C=CCCC(C)N5C)n4)cc4nnc2n34)cn1. The molecule has 2 aliphatic rings. The standard InChI is InChI=1S/C27H29N9O/c1-17-6-4-5-7-22(35(17)2)32-27-28-11-10-21(31-27)19-13-23-29-16-20(26-34-33-24(14-19)36(23)26)12-18-8-9-25(37-3)30-15-18/h5,7-11,13-15,17,20,29H,4,6,12,16H2,1-3H3. The highest BCUT2D eigenvalue weighted by Gasteiger charge is 2.26. The van der Waals surface area contributed by atoms with Crippen molar-refractivity contribution in [3.63, 3.8) is 0 Å². The molecule has 0 radical (unpaired) electrons. The molecule has 2 aliphatic heterocycles. The molecular weight excluding hydrogens is 466 g/mol. The number of ether oxygens (including phenoxy) is 1. The quantitative estimate of drug-likeness (QED) is 0.442. The normalized spacial score (nSPS) is 20.2. The molecule has 0 amide bonds. The van der Waals surface area contributed by atoms with Crippen molar-refractivity contribution in [2.24, 2.45) is 4.99 Å². The first-order chi connectivity index (χ1) is 18.1. The Morgan fingerprint density at radius 2 is 2.08 bits per heavy atom. The average Bonchev–Trinajstić information content (AvgIpc) is 3.30. The molecule has 0 spiro atoms. The van der Waals surface area contributed by atoms with Crippen LogP contribution in [0.3, 0.4) is 0 Å². The van der Waals surface area contributed by atoms with Crippen LogP contribution < -0.4 is 10.1 Å². The van der Waals surface area contributed by atoms with E-state index in [1.807, 2.05) is 30.5 Å². The lowest BCUT2D eigenvalue weighted by atomic mass is 9.98. The number of nitrogens with zero attached hydrogens (tertiary/aromatic N) is 8. The summed E-state index contributed by atoms with van der Waals surface area (Å²) in [6.45, 7) is 2.96. The second-order valence-corrected chi connectivity index (χ2v) is 9.52. The predicted octanol–water partition coefficient (Wildman–Crippen LogP) is 4.04. The van der Waals surface area contributed by atoms with Crippen molar-refractivity contribution in [2.75, 3.05) is 26.0 Å². The van der Waals surface area contributed by atoms with Crippen LogP contribution in [0.25, 0.3) is 16.9 Å². The molecule has 0 saturated heterocycles. The van der Waals surface area contributed by atoms with Crippen molar-refractivity contribution in [1.82, 2.24) is 34.4 Å². The number of aliphatic imine (C=N–C) groups is 1. The van der Waals surface area contributed by atoms with Gasteiger partial charge in [-0.1, -0.05) is 12.1 Å². The number of likely N-dealkylation sites (N-methyl/N-ethyl adjacent to an activating group) is 1. The van der Waals surface area contributed by atoms with E-state index in [2.05, 4.69) is 67.0 Å². The Kier molecular flexibility index (Phi) is 5.99. The van der Waals surface area contributed by atoms with Gasteiger partial charge in [0.05, 0.1) is 12.8 Å². The van der Waals surface area contributed by atoms with E-state index in [1.54, 1.807) is 13.3 Å². The van der Waals surface area contributed by atoms with E-state index < -0.39 is 0 Å². The summed E-state index contributed by atoms with van der Waals surface area (Å²) in [5, 5.41) is 12.6. The van der Waals surface area contributed by atoms with E-state index in [-0.39, 0.29) is 5.92 Å². The highest BCUT2D eigenvalue weighted by Crippen LogP contribution is 2.32. The van der Waals surface area contributed by atoms with Gasteiger partial charge in [-0.15, -0.1) is 10.2 Å². The number of aromatic nitrogens is 6. The summed E-state index contributed by atoms with van der Waals surface area (Å²) in [5.41, 5.74) is 3.63. The van der Waals surface area contributed by atoms with Crippen LogP contribution in [0, 0.1) is 0 Å². The molecule has 1 N–H and O–H groups in total. The lowest BCUT2D eigenvalue weighted by molar-refractivity contribution is 0.378. The minimum Gasteiger partial charge on any atom is -0.481 e. The molecule has 188 valence electrons. The molecule has 6 heterocycles. The lowest BCUT2D eigenvalue weighted by Crippen LogP contribution is -2.32. The second kappa shape index (κ2) is 9.61. The maximum Gasteiger partial charge on any atom is 0.251 e. The zero-order valence-corrected chi connectivity index (χ0v) is 21.2. The fraction of sp³-hybridized carbons (Fsp3) is 0.333. The molecule has 6 rings (SSSR count). The molecule has 2 unspecified atom stereocenters. The van der Waals surface area contributed by atoms with Crippen LogP contribution in [0.15, 0.2) is 59.9 Å². The Morgan fingerprint density at radius 3 is 2.92 bits per heavy atom. The predicted molar refractivity (Wildman–Crippen MR) is 142 cm³/mol. The van der Waals surface area contributed by atoms with Crippen molar-refractivity contribution < 1.29 is 4.74 Å². The maximum atomic E-state index is 5.18. The van der Waals surface area contributed by atoms with Gasteiger partial charge in [0.2, 0.25) is 5.88 Å². The summed E-state index contributed by atoms with van der Waals surface area (Å²) in [5.74, 6) is 3.99. The number of hydrogen-bond donors (Lipinski definition) is 1. The number of allylic oxidation sites excluding steroid dienone is 1. The van der Waals surface area contributed by atoms with E-state index in [9.17, 15) is 0 Å². The van der Waals surface area contributed by atoms with Crippen LogP contribution in [0.4, 0.5) is 11.8 Å². The molecule has 37 heavy (non-hydrogen) atoms. The molecule has 4 aromatic heterocycles. The molecule has 0 bridgehead atoms. The number of pyridine rings is 2. The first kappa shape index (κ1) is 23.1. The van der Waals surface area contributed by atoms with E-state index >= 15 is 0 Å². The third-order valence-corrected chi connectivity index (χ3v) is 7.11. The van der Waals surface area contributed by atoms with Gasteiger partial charge in [-0.05, 0) is 56.0 Å². The molecule has 0 fully saturated rings. The Hall–Kier alpha value is -4.34. The topological polar surface area (TPSA) is 106 Å². The smallest absolute Gasteiger partial charge is 0.251 e. The first-order valence-corrected chi connectivity index (χ1v) is 12.5. The number of anilines is 1. The van der Waals surface area contributed by atoms with E-state index in [1.165, 1.54) is 0 Å². The van der Waals surface area contributed by atoms with Gasteiger partial charge in [0.1, 0.15) is 17.5 Å². The molecule has 10 nitrogen and oxygen atoms in total. The van der Waals surface area contributed by atoms with Gasteiger partial charge >= 0.3 is 0 Å². The maximum absolute atomic E-state index is 5.18. The van der Waals surface area contributed by atoms with Gasteiger partial charge in [-0.3, -0.25) is 4.40 Å². The number of methoxy groups -OCH3 is 1. The lowest BCUT2D eigenvalue weighted by Gasteiger charge is -2.24. The largest absolute Gasteiger partial charge is 0.481 e. The van der Waals surface area contributed by atoms with Gasteiger partial charge in [0.15, 0.2) is 5.65 Å². The van der Waals surface area contributed by atoms with Crippen LogP contribution in [0.1, 0.15) is 37.1 Å². The van der Waals surface area contributed by atoms with Crippen LogP contribution >= 0.6 is 0 Å². The van der Waals surface area contributed by atoms with E-state index in [0.29, 0.717) is 17.9 Å². The zero-order valence-electron chi connectivity index (χ0n) is 21.2. The average molecular weight is 496 g/mol. The Balaban J connectivity index is 1.30. The van der Waals surface area contributed by atoms with Gasteiger partial charge in [-0.25, -0.2) is 15.0 Å². The molecule has 4 aromatic rings. The monoisotopic (exact) mass is 495 g/mol. The number of hydrogen-bond acceptors (Lipinski definition) is 8. The Labute approximate surface area is 215 Å². The molecule has 2 atom stereocenters. The van der Waals surface area contributed by atoms with Gasteiger partial charge < -0.3 is 15.0 Å². The minimum atomic E-state index is 0.178. The van der Waals surface area contributed by atoms with Gasteiger partial charge in [-0.2, -0.15) is 4.99 Å². The third-order valence-electron chi connectivity index (χ3n) is 7.11. The molecule has 0 aromatic carbocycles. The van der Waals surface area contributed by atoms with Gasteiger partial charge in [0, 0.05) is 49.6 Å². The van der Waals surface area contributed by atoms with Crippen molar-refractivity contribution in [3.05, 3.63) is 66.3 Å². The summed E-state index contributed by atoms with van der Waals surface area (Å²) in [6, 6.07) is 10.3. The fourth-order valence-corrected chi connectivity index (χ4v) is 4.85. The highest BCUT2D eigenvalue weighted by atomic mass is 16.5. The van der Waals surface area contributed by atoms with Crippen LogP contribution in [0.5, 0.6) is 5.88 Å². The summed E-state index contributed by atoms with van der Waals surface area (Å²) in [7, 11) is 3.68. The summed E-state index contributed by atoms with van der Waals surface area (Å²) < 4.78 is 7.26. The summed E-state index contributed by atoms with van der Waals surface area (Å²) in [6.07, 6.45) is 10.8. The van der Waals surface area contributed by atoms with Crippen LogP contribution in [-0.4, -0.2) is 67.0 Å². The Bertz CT molecular complexity index is 1490. The van der Waals surface area contributed by atoms with E-state index in [0.717, 1.165) is 65.8 Å². The Morgan fingerprint density at radius 1 is 1.16 bits per heavy atom. The molecule has 0 saturated carbocycles. The third kappa shape index (κ3) is 4.50. The summed E-state index contributed by atoms with van der Waals surface area (Å²) in [4.78, 5) is 20.4. The molecule has 0 aliphatic carbocycles. The molecular formula is C27H29N9O.